The van der Waals surface area contributed by atoms with E-state index >= 15 is 0 Å². The highest BCUT2D eigenvalue weighted by Gasteiger charge is 2.30. The van der Waals surface area contributed by atoms with E-state index in [0.29, 0.717) is 25.7 Å². The third kappa shape index (κ3) is 68.6. The number of carbonyl (C=O) groups excluding carboxylic acids is 4. The Hall–Kier alpha value is -1.94. The summed E-state index contributed by atoms with van der Waals surface area (Å²) < 4.78 is 68.4. The zero-order valence-electron chi connectivity index (χ0n) is 60.9. The number of esters is 4. The van der Waals surface area contributed by atoms with E-state index in [0.717, 1.165) is 96.3 Å². The smallest absolute Gasteiger partial charge is 0.462 e. The minimum absolute atomic E-state index is 0.107. The molecule has 0 rings (SSSR count). The van der Waals surface area contributed by atoms with E-state index in [1.165, 1.54) is 225 Å². The van der Waals surface area contributed by atoms with Gasteiger partial charge < -0.3 is 33.8 Å². The van der Waals surface area contributed by atoms with Gasteiger partial charge in [-0.2, -0.15) is 0 Å². The highest BCUT2D eigenvalue weighted by molar-refractivity contribution is 7.47. The number of hydrogen-bond donors (Lipinski definition) is 3. The van der Waals surface area contributed by atoms with Crippen LogP contribution in [-0.2, 0) is 65.4 Å². The van der Waals surface area contributed by atoms with Gasteiger partial charge in [-0.15, -0.1) is 0 Å². The van der Waals surface area contributed by atoms with Crippen molar-refractivity contribution in [2.45, 2.75) is 418 Å². The molecular formula is C75H146O17P2. The van der Waals surface area contributed by atoms with Gasteiger partial charge in [0.05, 0.1) is 26.4 Å². The van der Waals surface area contributed by atoms with Crippen LogP contribution in [0.2, 0.25) is 0 Å². The van der Waals surface area contributed by atoms with Crippen LogP contribution in [0.15, 0.2) is 0 Å². The highest BCUT2D eigenvalue weighted by Crippen LogP contribution is 2.45. The van der Waals surface area contributed by atoms with Crippen LogP contribution in [0, 0.1) is 0 Å². The van der Waals surface area contributed by atoms with E-state index in [1.54, 1.807) is 0 Å². The minimum atomic E-state index is -4.95. The lowest BCUT2D eigenvalue weighted by atomic mass is 10.0. The van der Waals surface area contributed by atoms with E-state index in [-0.39, 0.29) is 25.7 Å². The Bertz CT molecular complexity index is 1790. The van der Waals surface area contributed by atoms with Gasteiger partial charge in [-0.25, -0.2) is 9.13 Å². The van der Waals surface area contributed by atoms with Gasteiger partial charge in [-0.3, -0.25) is 37.3 Å². The van der Waals surface area contributed by atoms with Crippen molar-refractivity contribution in [1.82, 2.24) is 0 Å². The summed E-state index contributed by atoms with van der Waals surface area (Å²) in [7, 11) is -9.90. The number of phosphoric ester groups is 2. The van der Waals surface area contributed by atoms with Gasteiger partial charge in [0.15, 0.2) is 12.2 Å². The SMILES string of the molecule is CCCCCCCCCCCCCCCCCCCCCCCCC(=O)O[C@H](COC(=O)CCCCCCCCCCCCCCC)COP(=O)(O)OC[C@@H](O)COP(=O)(O)OC[C@@H](COC(=O)CCCCCCCCCC)OC(=O)CCCCCCCCCCCCC. The largest absolute Gasteiger partial charge is 0.472 e. The number of carbonyl (C=O) groups is 4. The van der Waals surface area contributed by atoms with Gasteiger partial charge in [0, 0.05) is 25.7 Å². The molecule has 0 aliphatic carbocycles. The lowest BCUT2D eigenvalue weighted by Gasteiger charge is -2.21. The molecule has 0 fully saturated rings. The summed E-state index contributed by atoms with van der Waals surface area (Å²) in [5.41, 5.74) is 0. The molecule has 0 radical (unpaired) electrons. The number of unbranched alkanes of at least 4 members (excludes halogenated alkanes) is 50. The third-order valence-electron chi connectivity index (χ3n) is 17.6. The molecule has 0 saturated carbocycles. The zero-order valence-corrected chi connectivity index (χ0v) is 62.7. The van der Waals surface area contributed by atoms with E-state index < -0.39 is 97.5 Å². The predicted molar refractivity (Wildman–Crippen MR) is 382 cm³/mol. The average Bonchev–Trinajstić information content (AvgIpc) is 1.97. The Balaban J connectivity index is 5.14. The van der Waals surface area contributed by atoms with Crippen LogP contribution in [0.3, 0.4) is 0 Å². The summed E-state index contributed by atoms with van der Waals surface area (Å²) >= 11 is 0. The van der Waals surface area contributed by atoms with Crippen molar-refractivity contribution in [2.24, 2.45) is 0 Å². The highest BCUT2D eigenvalue weighted by atomic mass is 31.2. The molecule has 0 amide bonds. The van der Waals surface area contributed by atoms with Gasteiger partial charge in [0.2, 0.25) is 0 Å². The average molecular weight is 1380 g/mol. The first kappa shape index (κ1) is 92.1. The molecular weight excluding hydrogens is 1230 g/mol. The van der Waals surface area contributed by atoms with Crippen LogP contribution in [0.25, 0.3) is 0 Å². The van der Waals surface area contributed by atoms with Gasteiger partial charge in [0.25, 0.3) is 0 Å². The van der Waals surface area contributed by atoms with Crippen LogP contribution in [0.5, 0.6) is 0 Å². The van der Waals surface area contributed by atoms with Crippen molar-refractivity contribution in [3.63, 3.8) is 0 Å². The van der Waals surface area contributed by atoms with Gasteiger partial charge >= 0.3 is 39.5 Å². The van der Waals surface area contributed by atoms with Gasteiger partial charge in [-0.05, 0) is 25.7 Å². The predicted octanol–water partition coefficient (Wildman–Crippen LogP) is 22.2. The first-order valence-corrected chi connectivity index (χ1v) is 42.3. The molecule has 0 spiro atoms. The van der Waals surface area contributed by atoms with Crippen molar-refractivity contribution < 1.29 is 80.2 Å². The second-order valence-corrected chi connectivity index (χ2v) is 29.9. The number of ether oxygens (including phenoxy) is 4. The summed E-state index contributed by atoms with van der Waals surface area (Å²) in [6.07, 6.45) is 59.8. The summed E-state index contributed by atoms with van der Waals surface area (Å²) in [5.74, 6) is -2.12. The zero-order chi connectivity index (χ0) is 69.0. The molecule has 5 atom stereocenters. The molecule has 2 unspecified atom stereocenters. The maximum atomic E-state index is 13.1. The number of hydrogen-bond acceptors (Lipinski definition) is 15. The van der Waals surface area contributed by atoms with Crippen LogP contribution < -0.4 is 0 Å². The first-order valence-electron chi connectivity index (χ1n) is 39.3. The molecule has 19 heteroatoms. The van der Waals surface area contributed by atoms with E-state index in [2.05, 4.69) is 27.7 Å². The fourth-order valence-electron chi connectivity index (χ4n) is 11.6. The van der Waals surface area contributed by atoms with Crippen molar-refractivity contribution in [3.8, 4) is 0 Å². The molecule has 0 aromatic carbocycles. The number of rotatable bonds is 76. The Morgan fingerprint density at radius 3 is 0.628 bits per heavy atom. The van der Waals surface area contributed by atoms with Crippen LogP contribution >= 0.6 is 15.6 Å². The van der Waals surface area contributed by atoms with Crippen LogP contribution in [0.4, 0.5) is 0 Å². The molecule has 0 heterocycles. The Labute approximate surface area is 575 Å². The fraction of sp³-hybridized carbons (Fsp3) is 0.947. The third-order valence-corrected chi connectivity index (χ3v) is 19.5. The Morgan fingerprint density at radius 1 is 0.255 bits per heavy atom. The Kier molecular flexibility index (Phi) is 68.1. The lowest BCUT2D eigenvalue weighted by Crippen LogP contribution is -2.30. The van der Waals surface area contributed by atoms with Crippen LogP contribution in [-0.4, -0.2) is 96.7 Å². The molecule has 0 aliphatic heterocycles. The van der Waals surface area contributed by atoms with Crippen molar-refractivity contribution in [2.75, 3.05) is 39.6 Å². The number of aliphatic hydroxyl groups excluding tert-OH is 1. The molecule has 94 heavy (non-hydrogen) atoms. The van der Waals surface area contributed by atoms with Gasteiger partial charge in [0.1, 0.15) is 19.3 Å². The first-order chi connectivity index (χ1) is 45.7. The Morgan fingerprint density at radius 2 is 0.426 bits per heavy atom. The molecule has 3 N–H and O–H groups in total. The van der Waals surface area contributed by atoms with Crippen molar-refractivity contribution >= 4 is 39.5 Å². The standard InChI is InChI=1S/C75H146O17P2/c1-5-9-13-17-21-25-28-30-31-32-33-34-35-36-37-38-40-43-46-50-54-58-62-75(80)92-71(66-86-73(78)60-56-52-48-44-42-39-29-26-22-18-14-10-6-2)68-90-94(83,84)88-64-69(76)63-87-93(81,82)89-67-70(65-85-72(77)59-55-51-47-24-20-16-12-8-4)91-74(79)61-57-53-49-45-41-27-23-19-15-11-7-3/h69-71,76H,5-68H2,1-4H3,(H,81,82)(H,83,84)/t69-,70+,71+/m0/s1. The topological polar surface area (TPSA) is 237 Å². The number of aliphatic hydroxyl groups is 1. The molecule has 0 saturated heterocycles. The normalized spacial score (nSPS) is 13.9. The van der Waals surface area contributed by atoms with Gasteiger partial charge in [-0.1, -0.05) is 349 Å². The van der Waals surface area contributed by atoms with Crippen LogP contribution in [0.1, 0.15) is 400 Å². The lowest BCUT2D eigenvalue weighted by molar-refractivity contribution is -0.161. The summed E-state index contributed by atoms with van der Waals surface area (Å²) in [5, 5.41) is 10.6. The maximum Gasteiger partial charge on any atom is 0.472 e. The van der Waals surface area contributed by atoms with E-state index in [1.807, 2.05) is 0 Å². The second kappa shape index (κ2) is 69.5. The summed E-state index contributed by atoms with van der Waals surface area (Å²) in [4.78, 5) is 72.6. The summed E-state index contributed by atoms with van der Waals surface area (Å²) in [6, 6.07) is 0. The molecule has 0 aromatic heterocycles. The fourth-order valence-corrected chi connectivity index (χ4v) is 13.2. The molecule has 0 aromatic rings. The molecule has 558 valence electrons. The minimum Gasteiger partial charge on any atom is -0.462 e. The quantitative estimate of drug-likeness (QED) is 0.0222. The second-order valence-electron chi connectivity index (χ2n) is 27.0. The van der Waals surface area contributed by atoms with Crippen molar-refractivity contribution in [1.29, 1.82) is 0 Å². The number of phosphoric acid groups is 2. The maximum absolute atomic E-state index is 13.1. The summed E-state index contributed by atoms with van der Waals surface area (Å²) in [6.45, 7) is 4.95. The molecule has 0 bridgehead atoms. The van der Waals surface area contributed by atoms with Crippen molar-refractivity contribution in [3.05, 3.63) is 0 Å². The molecule has 0 aliphatic rings. The van der Waals surface area contributed by atoms with E-state index in [9.17, 15) is 43.2 Å². The molecule has 17 nitrogen and oxygen atoms in total. The van der Waals surface area contributed by atoms with E-state index in [4.69, 9.17) is 37.0 Å². The monoisotopic (exact) mass is 1380 g/mol.